The van der Waals surface area contributed by atoms with Gasteiger partial charge in [-0.3, -0.25) is 0 Å². The number of nitrogens with one attached hydrogen (secondary N) is 1. The molecule has 0 saturated heterocycles. The lowest BCUT2D eigenvalue weighted by Crippen LogP contribution is -2.38. The molecule has 0 aromatic carbocycles. The van der Waals surface area contributed by atoms with Crippen LogP contribution in [0.25, 0.3) is 0 Å². The van der Waals surface area contributed by atoms with Crippen molar-refractivity contribution in [1.29, 1.82) is 0 Å². The molecule has 0 atom stereocenters. The van der Waals surface area contributed by atoms with Gasteiger partial charge < -0.3 is 9.84 Å². The second-order valence-electron chi connectivity index (χ2n) is 4.15. The van der Waals surface area contributed by atoms with Gasteiger partial charge in [-0.1, -0.05) is 18.0 Å². The molecule has 0 aliphatic heterocycles. The molecule has 3 heteroatoms. The molecule has 1 heterocycles. The molecule has 1 saturated carbocycles. The summed E-state index contributed by atoms with van der Waals surface area (Å²) >= 11 is 0. The molecule has 1 aromatic heterocycles. The highest BCUT2D eigenvalue weighted by atomic mass is 16.5. The molecule has 1 N–H and O–H groups in total. The van der Waals surface area contributed by atoms with Crippen molar-refractivity contribution in [3.8, 4) is 0 Å². The van der Waals surface area contributed by atoms with E-state index in [1.54, 1.807) is 12.5 Å². The maximum absolute atomic E-state index is 4.77. The minimum Gasteiger partial charge on any atom is -0.364 e. The zero-order valence-electron chi connectivity index (χ0n) is 8.05. The summed E-state index contributed by atoms with van der Waals surface area (Å²) in [6, 6.07) is 0. The molecule has 2 rings (SSSR count). The van der Waals surface area contributed by atoms with Crippen LogP contribution < -0.4 is 5.32 Å². The molecule has 1 aliphatic carbocycles. The smallest absolute Gasteiger partial charge is 0.128 e. The fourth-order valence-electron chi connectivity index (χ4n) is 1.96. The molecule has 0 unspecified atom stereocenters. The van der Waals surface area contributed by atoms with Crippen molar-refractivity contribution < 1.29 is 4.52 Å². The number of hydrogen-bond acceptors (Lipinski definition) is 3. The Morgan fingerprint density at radius 1 is 1.54 bits per heavy atom. The average molecular weight is 180 g/mol. The highest BCUT2D eigenvalue weighted by molar-refractivity contribution is 5.01. The van der Waals surface area contributed by atoms with Crippen LogP contribution in [0, 0.1) is 0 Å². The third-order valence-electron chi connectivity index (χ3n) is 2.91. The average Bonchev–Trinajstić information content (AvgIpc) is 2.72. The minimum absolute atomic E-state index is 0.345. The number of aromatic nitrogens is 1. The van der Waals surface area contributed by atoms with Crippen LogP contribution in [0.4, 0.5) is 0 Å². The quantitative estimate of drug-likeness (QED) is 0.774. The monoisotopic (exact) mass is 180 g/mol. The van der Waals surface area contributed by atoms with Crippen LogP contribution in [0.1, 0.15) is 38.2 Å². The van der Waals surface area contributed by atoms with E-state index in [-0.39, 0.29) is 0 Å². The Hall–Kier alpha value is -0.830. The van der Waals surface area contributed by atoms with Gasteiger partial charge in [0.2, 0.25) is 0 Å². The van der Waals surface area contributed by atoms with E-state index < -0.39 is 0 Å². The molecule has 0 bridgehead atoms. The van der Waals surface area contributed by atoms with Crippen molar-refractivity contribution >= 4 is 0 Å². The van der Waals surface area contributed by atoms with Gasteiger partial charge in [0, 0.05) is 17.6 Å². The van der Waals surface area contributed by atoms with Gasteiger partial charge in [-0.15, -0.1) is 0 Å². The number of hydrogen-bond donors (Lipinski definition) is 1. The van der Waals surface area contributed by atoms with E-state index in [0.29, 0.717) is 5.54 Å². The van der Waals surface area contributed by atoms with Gasteiger partial charge in [-0.2, -0.15) is 0 Å². The summed E-state index contributed by atoms with van der Waals surface area (Å²) in [4.78, 5) is 0. The van der Waals surface area contributed by atoms with Crippen LogP contribution in [-0.2, 0) is 6.54 Å². The van der Waals surface area contributed by atoms with Gasteiger partial charge in [-0.25, -0.2) is 0 Å². The molecular formula is C10H16N2O. The van der Waals surface area contributed by atoms with Gasteiger partial charge in [0.1, 0.15) is 6.26 Å². The lowest BCUT2D eigenvalue weighted by atomic mass is 10.0. The Kier molecular flexibility index (Phi) is 2.36. The molecule has 1 fully saturated rings. The number of rotatable bonds is 3. The Balaban J connectivity index is 1.85. The molecular weight excluding hydrogens is 164 g/mol. The van der Waals surface area contributed by atoms with E-state index in [1.165, 1.54) is 25.7 Å². The van der Waals surface area contributed by atoms with Crippen molar-refractivity contribution in [2.75, 3.05) is 0 Å². The van der Waals surface area contributed by atoms with Crippen LogP contribution in [0.5, 0.6) is 0 Å². The molecule has 3 nitrogen and oxygen atoms in total. The van der Waals surface area contributed by atoms with Gasteiger partial charge in [0.25, 0.3) is 0 Å². The van der Waals surface area contributed by atoms with E-state index >= 15 is 0 Å². The van der Waals surface area contributed by atoms with Crippen molar-refractivity contribution in [2.45, 2.75) is 44.7 Å². The summed E-state index contributed by atoms with van der Waals surface area (Å²) in [5.74, 6) is 0. The third kappa shape index (κ3) is 2.10. The minimum atomic E-state index is 0.345. The molecule has 0 amide bonds. The van der Waals surface area contributed by atoms with Crippen molar-refractivity contribution in [3.63, 3.8) is 0 Å². The Labute approximate surface area is 78.5 Å². The first-order valence-corrected chi connectivity index (χ1v) is 4.92. The topological polar surface area (TPSA) is 38.1 Å². The number of nitrogens with zero attached hydrogens (tertiary/aromatic N) is 1. The fraction of sp³-hybridized carbons (Fsp3) is 0.700. The zero-order valence-corrected chi connectivity index (χ0v) is 8.05. The van der Waals surface area contributed by atoms with Gasteiger partial charge in [0.05, 0.1) is 6.20 Å². The summed E-state index contributed by atoms with van der Waals surface area (Å²) < 4.78 is 4.77. The first-order chi connectivity index (χ1) is 6.29. The Morgan fingerprint density at radius 3 is 2.92 bits per heavy atom. The van der Waals surface area contributed by atoms with Crippen LogP contribution in [0.3, 0.4) is 0 Å². The van der Waals surface area contributed by atoms with E-state index in [4.69, 9.17) is 4.52 Å². The third-order valence-corrected chi connectivity index (χ3v) is 2.91. The highest BCUT2D eigenvalue weighted by Gasteiger charge is 2.27. The normalized spacial score (nSPS) is 20.7. The van der Waals surface area contributed by atoms with Crippen molar-refractivity contribution in [3.05, 3.63) is 18.0 Å². The largest absolute Gasteiger partial charge is 0.364 e. The SMILES string of the molecule is CC1(NCc2cnoc2)CCCC1. The predicted molar refractivity (Wildman–Crippen MR) is 50.2 cm³/mol. The van der Waals surface area contributed by atoms with Crippen LogP contribution in [-0.4, -0.2) is 10.7 Å². The lowest BCUT2D eigenvalue weighted by molar-refractivity contribution is 0.361. The molecule has 13 heavy (non-hydrogen) atoms. The summed E-state index contributed by atoms with van der Waals surface area (Å²) in [5, 5.41) is 7.24. The summed E-state index contributed by atoms with van der Waals surface area (Å²) in [5.41, 5.74) is 1.48. The van der Waals surface area contributed by atoms with Gasteiger partial charge in [0.15, 0.2) is 0 Å². The molecule has 0 spiro atoms. The molecule has 72 valence electrons. The Bertz CT molecular complexity index is 250. The van der Waals surface area contributed by atoms with E-state index in [2.05, 4.69) is 17.4 Å². The predicted octanol–water partition coefficient (Wildman–Crippen LogP) is 2.10. The van der Waals surface area contributed by atoms with Crippen LogP contribution in [0.15, 0.2) is 17.0 Å². The second kappa shape index (κ2) is 3.50. The first-order valence-electron chi connectivity index (χ1n) is 4.92. The zero-order chi connectivity index (χ0) is 9.15. The van der Waals surface area contributed by atoms with Gasteiger partial charge in [-0.05, 0) is 19.8 Å². The second-order valence-corrected chi connectivity index (χ2v) is 4.15. The molecule has 1 aromatic rings. The highest BCUT2D eigenvalue weighted by Crippen LogP contribution is 2.29. The van der Waals surface area contributed by atoms with Crippen LogP contribution in [0.2, 0.25) is 0 Å². The Morgan fingerprint density at radius 2 is 2.31 bits per heavy atom. The maximum Gasteiger partial charge on any atom is 0.128 e. The lowest BCUT2D eigenvalue weighted by Gasteiger charge is -2.24. The molecule has 1 aliphatic rings. The van der Waals surface area contributed by atoms with Crippen LogP contribution >= 0.6 is 0 Å². The molecule has 0 radical (unpaired) electrons. The summed E-state index contributed by atoms with van der Waals surface area (Å²) in [6.07, 6.45) is 8.76. The van der Waals surface area contributed by atoms with E-state index in [1.807, 2.05) is 0 Å². The van der Waals surface area contributed by atoms with Crippen molar-refractivity contribution in [1.82, 2.24) is 10.5 Å². The van der Waals surface area contributed by atoms with E-state index in [0.717, 1.165) is 12.1 Å². The van der Waals surface area contributed by atoms with Gasteiger partial charge >= 0.3 is 0 Å². The standard InChI is InChI=1S/C10H16N2O/c1-10(4-2-3-5-10)11-6-9-7-12-13-8-9/h7-8,11H,2-6H2,1H3. The fourth-order valence-corrected chi connectivity index (χ4v) is 1.96. The first kappa shape index (κ1) is 8.75. The van der Waals surface area contributed by atoms with E-state index in [9.17, 15) is 0 Å². The maximum atomic E-state index is 4.77. The van der Waals surface area contributed by atoms with Crippen molar-refractivity contribution in [2.24, 2.45) is 0 Å². The summed E-state index contributed by atoms with van der Waals surface area (Å²) in [7, 11) is 0. The summed E-state index contributed by atoms with van der Waals surface area (Å²) in [6.45, 7) is 3.17.